The lowest BCUT2D eigenvalue weighted by atomic mass is 10.1. The van der Waals surface area contributed by atoms with Crippen LogP contribution in [0.2, 0.25) is 0 Å². The zero-order valence-corrected chi connectivity index (χ0v) is 17.0. The minimum absolute atomic E-state index is 0.00352. The van der Waals surface area contributed by atoms with Gasteiger partial charge in [-0.25, -0.2) is 8.42 Å². The summed E-state index contributed by atoms with van der Waals surface area (Å²) in [6, 6.07) is 17.9. The first-order chi connectivity index (χ1) is 13.5. The molecule has 0 spiro atoms. The maximum absolute atomic E-state index is 12.6. The molecule has 1 heterocycles. The Labute approximate surface area is 169 Å². The Bertz CT molecular complexity index is 964. The number of rotatable bonds is 6. The molecule has 1 fully saturated rings. The molecule has 0 saturated carbocycles. The molecule has 3 rings (SSSR count). The van der Waals surface area contributed by atoms with Crippen molar-refractivity contribution in [3.63, 3.8) is 0 Å². The van der Waals surface area contributed by atoms with E-state index in [4.69, 9.17) is 5.26 Å². The molecule has 146 valence electrons. The number of thioether (sulfide) groups is 1. The van der Waals surface area contributed by atoms with E-state index in [9.17, 15) is 13.2 Å². The fourth-order valence-electron chi connectivity index (χ4n) is 3.01. The Hall–Kier alpha value is -2.34. The van der Waals surface area contributed by atoms with Crippen molar-refractivity contribution in [1.29, 1.82) is 5.26 Å². The van der Waals surface area contributed by atoms with Gasteiger partial charge in [0, 0.05) is 31.9 Å². The Kier molecular flexibility index (Phi) is 6.73. The standard InChI is InChI=1S/C20H21N3O3S2/c21-14-17-6-4-5-7-18(17)15-27-16-20(24)22-10-12-23(13-11-22)28(25,26)19-8-2-1-3-9-19/h1-9H,10-13,15-16H2. The Morgan fingerprint density at radius 3 is 2.32 bits per heavy atom. The van der Waals surface area contributed by atoms with Crippen molar-refractivity contribution in [1.82, 2.24) is 9.21 Å². The van der Waals surface area contributed by atoms with Crippen LogP contribution in [-0.2, 0) is 20.6 Å². The maximum Gasteiger partial charge on any atom is 0.243 e. The summed E-state index contributed by atoms with van der Waals surface area (Å²) in [5.41, 5.74) is 1.55. The molecule has 2 aromatic rings. The zero-order chi connectivity index (χ0) is 20.0. The second-order valence-electron chi connectivity index (χ2n) is 6.36. The Morgan fingerprint density at radius 1 is 1.00 bits per heavy atom. The normalized spacial score (nSPS) is 15.2. The van der Waals surface area contributed by atoms with Gasteiger partial charge >= 0.3 is 0 Å². The third kappa shape index (κ3) is 4.73. The number of hydrogen-bond donors (Lipinski definition) is 0. The lowest BCUT2D eigenvalue weighted by Gasteiger charge is -2.34. The molecule has 8 heteroatoms. The number of benzene rings is 2. The first kappa shape index (κ1) is 20.4. The summed E-state index contributed by atoms with van der Waals surface area (Å²) in [5, 5.41) is 9.12. The number of carbonyl (C=O) groups is 1. The predicted molar refractivity (Wildman–Crippen MR) is 109 cm³/mol. The van der Waals surface area contributed by atoms with Crippen LogP contribution in [-0.4, -0.2) is 55.5 Å². The van der Waals surface area contributed by atoms with Crippen LogP contribution in [0.1, 0.15) is 11.1 Å². The van der Waals surface area contributed by atoms with Gasteiger partial charge in [0.2, 0.25) is 15.9 Å². The van der Waals surface area contributed by atoms with E-state index in [1.54, 1.807) is 41.3 Å². The molecule has 2 aromatic carbocycles. The number of piperazine rings is 1. The van der Waals surface area contributed by atoms with Crippen molar-refractivity contribution in [3.8, 4) is 6.07 Å². The van der Waals surface area contributed by atoms with Crippen molar-refractivity contribution < 1.29 is 13.2 Å². The molecule has 0 atom stereocenters. The molecular weight excluding hydrogens is 394 g/mol. The molecular formula is C20H21N3O3S2. The molecule has 6 nitrogen and oxygen atoms in total. The first-order valence-electron chi connectivity index (χ1n) is 8.91. The molecule has 0 N–H and O–H groups in total. The van der Waals surface area contributed by atoms with E-state index >= 15 is 0 Å². The van der Waals surface area contributed by atoms with Crippen molar-refractivity contribution in [2.75, 3.05) is 31.9 Å². The van der Waals surface area contributed by atoms with E-state index in [0.29, 0.717) is 43.2 Å². The van der Waals surface area contributed by atoms with E-state index in [1.807, 2.05) is 18.2 Å². The van der Waals surface area contributed by atoms with Crippen LogP contribution in [0.5, 0.6) is 0 Å². The largest absolute Gasteiger partial charge is 0.339 e. The highest BCUT2D eigenvalue weighted by Crippen LogP contribution is 2.19. The lowest BCUT2D eigenvalue weighted by molar-refractivity contribution is -0.129. The fraction of sp³-hybridized carbons (Fsp3) is 0.300. The Balaban J connectivity index is 1.50. The van der Waals surface area contributed by atoms with E-state index in [2.05, 4.69) is 6.07 Å². The molecule has 1 aliphatic heterocycles. The summed E-state index contributed by atoms with van der Waals surface area (Å²) < 4.78 is 26.7. The van der Waals surface area contributed by atoms with Gasteiger partial charge in [-0.1, -0.05) is 36.4 Å². The SMILES string of the molecule is N#Cc1ccccc1CSCC(=O)N1CCN(S(=O)(=O)c2ccccc2)CC1. The van der Waals surface area contributed by atoms with Gasteiger partial charge in [-0.15, -0.1) is 11.8 Å². The summed E-state index contributed by atoms with van der Waals surface area (Å²) in [4.78, 5) is 14.4. The van der Waals surface area contributed by atoms with E-state index in [1.165, 1.54) is 16.1 Å². The molecule has 1 saturated heterocycles. The second kappa shape index (κ2) is 9.24. The molecule has 0 radical (unpaired) electrons. The number of nitrogens with zero attached hydrogens (tertiary/aromatic N) is 3. The van der Waals surface area contributed by atoms with Gasteiger partial charge in [0.05, 0.1) is 22.3 Å². The highest BCUT2D eigenvalue weighted by molar-refractivity contribution is 7.99. The van der Waals surface area contributed by atoms with Crippen LogP contribution in [0.15, 0.2) is 59.5 Å². The lowest BCUT2D eigenvalue weighted by Crippen LogP contribution is -2.50. The van der Waals surface area contributed by atoms with E-state index in [-0.39, 0.29) is 10.8 Å². The molecule has 1 aliphatic rings. The average molecular weight is 416 g/mol. The molecule has 28 heavy (non-hydrogen) atoms. The minimum atomic E-state index is -3.51. The molecule has 1 amide bonds. The Morgan fingerprint density at radius 2 is 1.64 bits per heavy atom. The summed E-state index contributed by atoms with van der Waals surface area (Å²) in [6.07, 6.45) is 0. The predicted octanol–water partition coefficient (Wildman–Crippen LogP) is 2.32. The fourth-order valence-corrected chi connectivity index (χ4v) is 5.39. The number of nitriles is 1. The first-order valence-corrected chi connectivity index (χ1v) is 11.5. The number of sulfonamides is 1. The van der Waals surface area contributed by atoms with Gasteiger partial charge in [0.25, 0.3) is 0 Å². The smallest absolute Gasteiger partial charge is 0.243 e. The van der Waals surface area contributed by atoms with Crippen LogP contribution in [0.3, 0.4) is 0 Å². The van der Waals surface area contributed by atoms with Crippen LogP contribution >= 0.6 is 11.8 Å². The average Bonchev–Trinajstić information content (AvgIpc) is 2.74. The van der Waals surface area contributed by atoms with Gasteiger partial charge in [-0.3, -0.25) is 4.79 Å². The summed E-state index contributed by atoms with van der Waals surface area (Å²) >= 11 is 1.47. The van der Waals surface area contributed by atoms with Gasteiger partial charge in [0.15, 0.2) is 0 Å². The molecule has 0 aromatic heterocycles. The van der Waals surface area contributed by atoms with Crippen molar-refractivity contribution in [3.05, 3.63) is 65.7 Å². The van der Waals surface area contributed by atoms with Gasteiger partial charge in [0.1, 0.15) is 0 Å². The highest BCUT2D eigenvalue weighted by Gasteiger charge is 2.29. The second-order valence-corrected chi connectivity index (χ2v) is 9.28. The quantitative estimate of drug-likeness (QED) is 0.723. The number of amides is 1. The van der Waals surface area contributed by atoms with Gasteiger partial charge < -0.3 is 4.90 Å². The molecule has 0 bridgehead atoms. The summed E-state index contributed by atoms with van der Waals surface area (Å²) in [6.45, 7) is 1.37. The summed E-state index contributed by atoms with van der Waals surface area (Å²) in [5.74, 6) is 0.902. The van der Waals surface area contributed by atoms with Crippen LogP contribution in [0, 0.1) is 11.3 Å². The highest BCUT2D eigenvalue weighted by atomic mass is 32.2. The number of hydrogen-bond acceptors (Lipinski definition) is 5. The topological polar surface area (TPSA) is 81.5 Å². The van der Waals surface area contributed by atoms with Crippen molar-refractivity contribution >= 4 is 27.7 Å². The maximum atomic E-state index is 12.6. The molecule has 0 unspecified atom stereocenters. The molecule has 0 aliphatic carbocycles. The van der Waals surface area contributed by atoms with Crippen molar-refractivity contribution in [2.45, 2.75) is 10.6 Å². The monoisotopic (exact) mass is 415 g/mol. The third-order valence-electron chi connectivity index (χ3n) is 4.59. The van der Waals surface area contributed by atoms with E-state index in [0.717, 1.165) is 5.56 Å². The van der Waals surface area contributed by atoms with Crippen LogP contribution in [0.25, 0.3) is 0 Å². The summed E-state index contributed by atoms with van der Waals surface area (Å²) in [7, 11) is -3.51. The van der Waals surface area contributed by atoms with Crippen LogP contribution in [0.4, 0.5) is 0 Å². The van der Waals surface area contributed by atoms with E-state index < -0.39 is 10.0 Å². The third-order valence-corrected chi connectivity index (χ3v) is 7.47. The van der Waals surface area contributed by atoms with Crippen LogP contribution < -0.4 is 0 Å². The zero-order valence-electron chi connectivity index (χ0n) is 15.3. The minimum Gasteiger partial charge on any atom is -0.339 e. The van der Waals surface area contributed by atoms with Gasteiger partial charge in [-0.2, -0.15) is 9.57 Å². The van der Waals surface area contributed by atoms with Gasteiger partial charge in [-0.05, 0) is 23.8 Å². The van der Waals surface area contributed by atoms with Crippen molar-refractivity contribution in [2.24, 2.45) is 0 Å². The number of carbonyl (C=O) groups excluding carboxylic acids is 1.